The van der Waals surface area contributed by atoms with Crippen molar-refractivity contribution in [2.24, 2.45) is 0 Å². The summed E-state index contributed by atoms with van der Waals surface area (Å²) in [6, 6.07) is -0.101. The second-order valence-electron chi connectivity index (χ2n) is 3.58. The van der Waals surface area contributed by atoms with Gasteiger partial charge in [-0.1, -0.05) is 0 Å². The number of thiazole rings is 1. The number of nitrogens with zero attached hydrogens (tertiary/aromatic N) is 1. The summed E-state index contributed by atoms with van der Waals surface area (Å²) in [4.78, 5) is 27.4. The summed E-state index contributed by atoms with van der Waals surface area (Å²) in [5, 5.41) is 2.92. The quantitative estimate of drug-likeness (QED) is 0.784. The summed E-state index contributed by atoms with van der Waals surface area (Å²) in [7, 11) is 1.56. The molecule has 6 nitrogen and oxygen atoms in total. The van der Waals surface area contributed by atoms with E-state index in [1.165, 1.54) is 6.20 Å². The maximum absolute atomic E-state index is 11.8. The van der Waals surface area contributed by atoms with Gasteiger partial charge in [-0.3, -0.25) is 4.79 Å². The Morgan fingerprint density at radius 1 is 1.56 bits per heavy atom. The van der Waals surface area contributed by atoms with Gasteiger partial charge in [0.05, 0.1) is 19.4 Å². The predicted molar refractivity (Wildman–Crippen MR) is 66.9 cm³/mol. The largest absolute Gasteiger partial charge is 0.461 e. The zero-order valence-electron chi connectivity index (χ0n) is 10.6. The van der Waals surface area contributed by atoms with Gasteiger partial charge in [-0.15, -0.1) is 11.3 Å². The van der Waals surface area contributed by atoms with E-state index in [1.807, 2.05) is 6.92 Å². The summed E-state index contributed by atoms with van der Waals surface area (Å²) in [5.41, 5.74) is 0. The molecule has 7 heteroatoms. The molecule has 0 aromatic carbocycles. The summed E-state index contributed by atoms with van der Waals surface area (Å²) in [5.74, 6) is -0.779. The van der Waals surface area contributed by atoms with E-state index in [4.69, 9.17) is 9.47 Å². The first-order chi connectivity index (χ1) is 8.58. The number of methoxy groups -OCH3 is 1. The Morgan fingerprint density at radius 2 is 2.28 bits per heavy atom. The Kier molecular flexibility index (Phi) is 5.73. The van der Waals surface area contributed by atoms with Crippen molar-refractivity contribution in [3.8, 4) is 0 Å². The third-order valence-electron chi connectivity index (χ3n) is 1.97. The zero-order valence-corrected chi connectivity index (χ0v) is 11.4. The lowest BCUT2D eigenvalue weighted by molar-refractivity contribution is 0.0526. The van der Waals surface area contributed by atoms with Crippen LogP contribution >= 0.6 is 11.3 Å². The van der Waals surface area contributed by atoms with Gasteiger partial charge in [0.2, 0.25) is 5.01 Å². The fourth-order valence-corrected chi connectivity index (χ4v) is 1.97. The number of ether oxygens (including phenoxy) is 2. The number of esters is 1. The van der Waals surface area contributed by atoms with Gasteiger partial charge in [0.15, 0.2) is 0 Å². The monoisotopic (exact) mass is 272 g/mol. The van der Waals surface area contributed by atoms with Crippen molar-refractivity contribution in [3.05, 3.63) is 16.1 Å². The molecule has 100 valence electrons. The lowest BCUT2D eigenvalue weighted by atomic mass is 10.3. The van der Waals surface area contributed by atoms with E-state index in [1.54, 1.807) is 14.0 Å². The number of amides is 1. The fourth-order valence-electron chi connectivity index (χ4n) is 1.25. The molecule has 1 aromatic heterocycles. The van der Waals surface area contributed by atoms with Crippen molar-refractivity contribution in [3.63, 3.8) is 0 Å². The number of nitrogens with one attached hydrogen (secondary N) is 1. The summed E-state index contributed by atoms with van der Waals surface area (Å²) in [6.45, 7) is 4.25. The lowest BCUT2D eigenvalue weighted by Crippen LogP contribution is -2.35. The first-order valence-electron chi connectivity index (χ1n) is 5.51. The van der Waals surface area contributed by atoms with Crippen LogP contribution < -0.4 is 5.32 Å². The van der Waals surface area contributed by atoms with Crippen LogP contribution in [0.5, 0.6) is 0 Å². The molecule has 1 aromatic rings. The maximum atomic E-state index is 11.8. The molecule has 1 atom stereocenters. The van der Waals surface area contributed by atoms with Crippen LogP contribution in [0.1, 0.15) is 33.3 Å². The summed E-state index contributed by atoms with van der Waals surface area (Å²) in [6.07, 6.45) is 1.37. The molecule has 0 radical (unpaired) electrons. The highest BCUT2D eigenvalue weighted by molar-refractivity contribution is 7.15. The summed E-state index contributed by atoms with van der Waals surface area (Å²) >= 11 is 1.01. The SMILES string of the molecule is CCOC(=O)c1ncc(C(=O)NC(C)COC)s1. The molecule has 0 spiro atoms. The van der Waals surface area contributed by atoms with E-state index in [-0.39, 0.29) is 23.6 Å². The zero-order chi connectivity index (χ0) is 13.5. The molecule has 0 aliphatic heterocycles. The highest BCUT2D eigenvalue weighted by atomic mass is 32.1. The first-order valence-corrected chi connectivity index (χ1v) is 6.32. The molecule has 1 amide bonds. The van der Waals surface area contributed by atoms with Crippen LogP contribution in [0.2, 0.25) is 0 Å². The second-order valence-corrected chi connectivity index (χ2v) is 4.61. The highest BCUT2D eigenvalue weighted by Crippen LogP contribution is 2.14. The molecule has 0 bridgehead atoms. The minimum Gasteiger partial charge on any atom is -0.461 e. The minimum atomic E-state index is -0.508. The van der Waals surface area contributed by atoms with Gasteiger partial charge in [0.25, 0.3) is 5.91 Å². The van der Waals surface area contributed by atoms with Crippen molar-refractivity contribution >= 4 is 23.2 Å². The van der Waals surface area contributed by atoms with E-state index >= 15 is 0 Å². The van der Waals surface area contributed by atoms with Gasteiger partial charge >= 0.3 is 5.97 Å². The molecule has 0 saturated heterocycles. The van der Waals surface area contributed by atoms with Crippen molar-refractivity contribution in [1.29, 1.82) is 0 Å². The molecule has 0 aliphatic carbocycles. The third-order valence-corrected chi connectivity index (χ3v) is 2.95. The van der Waals surface area contributed by atoms with Crippen molar-refractivity contribution in [1.82, 2.24) is 10.3 Å². The Balaban J connectivity index is 2.62. The molecular formula is C11H16N2O4S. The van der Waals surface area contributed by atoms with Crippen LogP contribution in [-0.2, 0) is 9.47 Å². The maximum Gasteiger partial charge on any atom is 0.367 e. The highest BCUT2D eigenvalue weighted by Gasteiger charge is 2.17. The first kappa shape index (κ1) is 14.6. The number of carbonyl (C=O) groups excluding carboxylic acids is 2. The molecule has 1 rings (SSSR count). The van der Waals surface area contributed by atoms with Crippen LogP contribution in [0.4, 0.5) is 0 Å². The lowest BCUT2D eigenvalue weighted by Gasteiger charge is -2.11. The Morgan fingerprint density at radius 3 is 2.89 bits per heavy atom. The fraction of sp³-hybridized carbons (Fsp3) is 0.545. The molecule has 0 fully saturated rings. The van der Waals surface area contributed by atoms with Crippen LogP contribution in [0, 0.1) is 0 Å². The number of hydrogen-bond acceptors (Lipinski definition) is 6. The molecule has 18 heavy (non-hydrogen) atoms. The van der Waals surface area contributed by atoms with Gasteiger partial charge in [0, 0.05) is 13.2 Å². The van der Waals surface area contributed by atoms with Gasteiger partial charge in [-0.25, -0.2) is 9.78 Å². The van der Waals surface area contributed by atoms with Gasteiger partial charge in [-0.05, 0) is 13.8 Å². The van der Waals surface area contributed by atoms with Crippen LogP contribution in [0.15, 0.2) is 6.20 Å². The molecule has 0 saturated carbocycles. The van der Waals surface area contributed by atoms with Crippen LogP contribution in [0.3, 0.4) is 0 Å². The normalized spacial score (nSPS) is 11.9. The van der Waals surface area contributed by atoms with Crippen molar-refractivity contribution in [2.75, 3.05) is 20.3 Å². The average Bonchev–Trinajstić information content (AvgIpc) is 2.78. The Labute approximate surface area is 109 Å². The van der Waals surface area contributed by atoms with E-state index in [0.717, 1.165) is 11.3 Å². The van der Waals surface area contributed by atoms with Gasteiger partial charge in [0.1, 0.15) is 4.88 Å². The second kappa shape index (κ2) is 7.07. The van der Waals surface area contributed by atoms with Gasteiger partial charge in [-0.2, -0.15) is 0 Å². The van der Waals surface area contributed by atoms with E-state index in [2.05, 4.69) is 10.3 Å². The standard InChI is InChI=1S/C11H16N2O4S/c1-4-17-11(15)10-12-5-8(18-10)9(14)13-7(2)6-16-3/h5,7H,4,6H2,1-3H3,(H,13,14). The number of aromatic nitrogens is 1. The summed E-state index contributed by atoms with van der Waals surface area (Å²) < 4.78 is 9.71. The van der Waals surface area contributed by atoms with Crippen LogP contribution in [-0.4, -0.2) is 43.2 Å². The molecular weight excluding hydrogens is 256 g/mol. The Bertz CT molecular complexity index is 419. The number of rotatable bonds is 6. The van der Waals surface area contributed by atoms with E-state index < -0.39 is 5.97 Å². The smallest absolute Gasteiger partial charge is 0.367 e. The molecule has 1 unspecified atom stereocenters. The number of carbonyl (C=O) groups is 2. The Hall–Kier alpha value is -1.47. The van der Waals surface area contributed by atoms with Crippen molar-refractivity contribution < 1.29 is 19.1 Å². The third kappa shape index (κ3) is 4.08. The van der Waals surface area contributed by atoms with E-state index in [0.29, 0.717) is 11.5 Å². The molecule has 1 heterocycles. The predicted octanol–water partition coefficient (Wildman–Crippen LogP) is 1.08. The molecule has 0 aliphatic rings. The average molecular weight is 272 g/mol. The minimum absolute atomic E-state index is 0.101. The number of hydrogen-bond donors (Lipinski definition) is 1. The van der Waals surface area contributed by atoms with Gasteiger partial charge < -0.3 is 14.8 Å². The van der Waals surface area contributed by atoms with Crippen molar-refractivity contribution in [2.45, 2.75) is 19.9 Å². The van der Waals surface area contributed by atoms with Crippen LogP contribution in [0.25, 0.3) is 0 Å². The topological polar surface area (TPSA) is 77.5 Å². The molecule has 1 N–H and O–H groups in total. The van der Waals surface area contributed by atoms with E-state index in [9.17, 15) is 9.59 Å².